The fourth-order valence-electron chi connectivity index (χ4n) is 1.71. The van der Waals surface area contributed by atoms with E-state index in [0.717, 1.165) is 12.8 Å². The number of benzene rings is 1. The highest BCUT2D eigenvalue weighted by molar-refractivity contribution is 7.89. The van der Waals surface area contributed by atoms with Crippen LogP contribution in [0.15, 0.2) is 29.2 Å². The van der Waals surface area contributed by atoms with Crippen LogP contribution in [-0.4, -0.2) is 26.4 Å². The number of nitrogens with two attached hydrogens (primary N) is 1. The summed E-state index contributed by atoms with van der Waals surface area (Å²) in [6.45, 7) is 0.763. The normalized spacial score (nSPS) is 17.1. The number of nitrogens with one attached hydrogen (secondary N) is 1. The summed E-state index contributed by atoms with van der Waals surface area (Å²) < 4.78 is 26.5. The van der Waals surface area contributed by atoms with Crippen molar-refractivity contribution in [1.29, 1.82) is 0 Å². The molecule has 0 spiro atoms. The summed E-state index contributed by atoms with van der Waals surface area (Å²) in [5.74, 6) is 0. The van der Waals surface area contributed by atoms with E-state index in [1.54, 1.807) is 0 Å². The molecule has 7 nitrogen and oxygen atoms in total. The van der Waals surface area contributed by atoms with Crippen LogP contribution in [0.5, 0.6) is 0 Å². The van der Waals surface area contributed by atoms with E-state index in [1.807, 2.05) is 0 Å². The molecule has 1 fully saturated rings. The summed E-state index contributed by atoms with van der Waals surface area (Å²) in [6, 6.07) is 4.79. The largest absolute Gasteiger partial charge is 0.330 e. The average molecular weight is 285 g/mol. The van der Waals surface area contributed by atoms with Crippen LogP contribution in [-0.2, 0) is 10.0 Å². The Morgan fingerprint density at radius 2 is 1.89 bits per heavy atom. The molecule has 0 atom stereocenters. The van der Waals surface area contributed by atoms with Gasteiger partial charge in [-0.2, -0.15) is 0 Å². The zero-order valence-corrected chi connectivity index (χ0v) is 11.0. The minimum Gasteiger partial charge on any atom is -0.330 e. The van der Waals surface area contributed by atoms with Gasteiger partial charge in [0.05, 0.1) is 9.82 Å². The van der Waals surface area contributed by atoms with E-state index in [0.29, 0.717) is 13.1 Å². The second-order valence-corrected chi connectivity index (χ2v) is 6.55. The second kappa shape index (κ2) is 4.87. The Kier molecular flexibility index (Phi) is 3.57. The van der Waals surface area contributed by atoms with Crippen LogP contribution in [0, 0.1) is 15.5 Å². The van der Waals surface area contributed by atoms with Crippen LogP contribution in [0.4, 0.5) is 5.69 Å². The Hall–Kier alpha value is -1.51. The van der Waals surface area contributed by atoms with Crippen LogP contribution >= 0.6 is 0 Å². The van der Waals surface area contributed by atoms with Gasteiger partial charge < -0.3 is 5.73 Å². The van der Waals surface area contributed by atoms with Crippen molar-refractivity contribution in [3.8, 4) is 0 Å². The first-order chi connectivity index (χ1) is 8.88. The predicted octanol–water partition coefficient (Wildman–Crippen LogP) is 0.612. The summed E-state index contributed by atoms with van der Waals surface area (Å²) in [5.41, 5.74) is 5.34. The van der Waals surface area contributed by atoms with Gasteiger partial charge >= 0.3 is 0 Å². The van der Waals surface area contributed by atoms with E-state index in [1.165, 1.54) is 24.3 Å². The summed E-state index contributed by atoms with van der Waals surface area (Å²) in [6.07, 6.45) is 1.85. The van der Waals surface area contributed by atoms with Crippen molar-refractivity contribution in [3.05, 3.63) is 34.4 Å². The van der Waals surface area contributed by atoms with Crippen LogP contribution in [0.1, 0.15) is 12.8 Å². The molecule has 1 aliphatic rings. The number of nitro benzene ring substituents is 1. The zero-order valence-electron chi connectivity index (χ0n) is 10.2. The highest BCUT2D eigenvalue weighted by Crippen LogP contribution is 2.43. The van der Waals surface area contributed by atoms with Crippen LogP contribution in [0.3, 0.4) is 0 Å². The number of hydrogen-bond acceptors (Lipinski definition) is 5. The average Bonchev–Trinajstić information content (AvgIpc) is 3.17. The number of hydrogen-bond donors (Lipinski definition) is 2. The molecule has 3 N–H and O–H groups in total. The van der Waals surface area contributed by atoms with Crippen molar-refractivity contribution >= 4 is 15.7 Å². The van der Waals surface area contributed by atoms with E-state index in [4.69, 9.17) is 5.73 Å². The van der Waals surface area contributed by atoms with Gasteiger partial charge in [-0.1, -0.05) is 0 Å². The number of nitro groups is 1. The Labute approximate surface area is 111 Å². The van der Waals surface area contributed by atoms with Crippen molar-refractivity contribution < 1.29 is 13.3 Å². The molecule has 0 radical (unpaired) electrons. The molecule has 19 heavy (non-hydrogen) atoms. The molecule has 0 saturated heterocycles. The molecule has 0 bridgehead atoms. The molecule has 0 aromatic heterocycles. The number of non-ortho nitro benzene ring substituents is 1. The summed E-state index contributed by atoms with van der Waals surface area (Å²) in [7, 11) is -3.63. The lowest BCUT2D eigenvalue weighted by atomic mass is 10.1. The number of sulfonamides is 1. The first-order valence-corrected chi connectivity index (χ1v) is 7.31. The van der Waals surface area contributed by atoms with Crippen LogP contribution in [0.2, 0.25) is 0 Å². The van der Waals surface area contributed by atoms with Gasteiger partial charge in [-0.25, -0.2) is 13.1 Å². The van der Waals surface area contributed by atoms with Crippen molar-refractivity contribution in [2.75, 3.05) is 13.1 Å². The van der Waals surface area contributed by atoms with E-state index >= 15 is 0 Å². The van der Waals surface area contributed by atoms with Gasteiger partial charge in [0.25, 0.3) is 5.69 Å². The van der Waals surface area contributed by atoms with Crippen LogP contribution in [0.25, 0.3) is 0 Å². The van der Waals surface area contributed by atoms with Crippen molar-refractivity contribution in [3.63, 3.8) is 0 Å². The van der Waals surface area contributed by atoms with Crippen molar-refractivity contribution in [1.82, 2.24) is 4.72 Å². The molecule has 0 unspecified atom stereocenters. The van der Waals surface area contributed by atoms with Crippen molar-refractivity contribution in [2.45, 2.75) is 17.7 Å². The minimum atomic E-state index is -3.63. The highest BCUT2D eigenvalue weighted by Gasteiger charge is 2.41. The fraction of sp³-hybridized carbons (Fsp3) is 0.455. The van der Waals surface area contributed by atoms with Gasteiger partial charge in [-0.15, -0.1) is 0 Å². The van der Waals surface area contributed by atoms with Crippen LogP contribution < -0.4 is 10.5 Å². The van der Waals surface area contributed by atoms with Crippen molar-refractivity contribution in [2.24, 2.45) is 11.1 Å². The molecule has 8 heteroatoms. The molecule has 0 amide bonds. The van der Waals surface area contributed by atoms with E-state index in [-0.39, 0.29) is 16.0 Å². The topological polar surface area (TPSA) is 115 Å². The smallest absolute Gasteiger partial charge is 0.269 e. The summed E-state index contributed by atoms with van der Waals surface area (Å²) >= 11 is 0. The first-order valence-electron chi connectivity index (χ1n) is 5.83. The third-order valence-electron chi connectivity index (χ3n) is 3.39. The molecule has 0 heterocycles. The molecule has 1 aromatic rings. The van der Waals surface area contributed by atoms with Gasteiger partial charge in [-0.3, -0.25) is 10.1 Å². The molecular weight excluding hydrogens is 270 g/mol. The molecule has 1 saturated carbocycles. The Balaban J connectivity index is 2.08. The molecule has 1 aromatic carbocycles. The second-order valence-electron chi connectivity index (χ2n) is 4.78. The lowest BCUT2D eigenvalue weighted by Gasteiger charge is -2.13. The van der Waals surface area contributed by atoms with Gasteiger partial charge in [0.15, 0.2) is 0 Å². The fourth-order valence-corrected chi connectivity index (χ4v) is 2.87. The van der Waals surface area contributed by atoms with E-state index < -0.39 is 14.9 Å². The monoisotopic (exact) mass is 285 g/mol. The lowest BCUT2D eigenvalue weighted by Crippen LogP contribution is -2.33. The van der Waals surface area contributed by atoms with Gasteiger partial charge in [0, 0.05) is 18.7 Å². The zero-order chi connectivity index (χ0) is 14.1. The van der Waals surface area contributed by atoms with Gasteiger partial charge in [0.1, 0.15) is 0 Å². The Morgan fingerprint density at radius 1 is 1.32 bits per heavy atom. The summed E-state index contributed by atoms with van der Waals surface area (Å²) in [4.78, 5) is 9.94. The SMILES string of the molecule is NCC1(CNS(=O)(=O)c2ccc([N+](=O)[O-])cc2)CC1. The number of nitrogens with zero attached hydrogens (tertiary/aromatic N) is 1. The minimum absolute atomic E-state index is 0.0194. The third-order valence-corrected chi connectivity index (χ3v) is 4.80. The molecule has 1 aliphatic carbocycles. The summed E-state index contributed by atoms with van der Waals surface area (Å²) in [5, 5.41) is 10.5. The van der Waals surface area contributed by atoms with E-state index in [2.05, 4.69) is 4.72 Å². The van der Waals surface area contributed by atoms with Gasteiger partial charge in [0.2, 0.25) is 10.0 Å². The lowest BCUT2D eigenvalue weighted by molar-refractivity contribution is -0.384. The first kappa shape index (κ1) is 13.9. The predicted molar refractivity (Wildman–Crippen MR) is 69.0 cm³/mol. The number of rotatable bonds is 6. The maximum absolute atomic E-state index is 12.0. The molecule has 0 aliphatic heterocycles. The highest BCUT2D eigenvalue weighted by atomic mass is 32.2. The standard InChI is InChI=1S/C11H15N3O4S/c12-7-11(5-6-11)8-13-19(17,18)10-3-1-9(2-4-10)14(15)16/h1-4,13H,5-8,12H2. The quantitative estimate of drug-likeness (QED) is 0.587. The Bertz CT molecular complexity index is 578. The molecule has 104 valence electrons. The third kappa shape index (κ3) is 3.09. The maximum Gasteiger partial charge on any atom is 0.269 e. The van der Waals surface area contributed by atoms with E-state index in [9.17, 15) is 18.5 Å². The van der Waals surface area contributed by atoms with Gasteiger partial charge in [-0.05, 0) is 36.9 Å². The Morgan fingerprint density at radius 3 is 2.32 bits per heavy atom. The maximum atomic E-state index is 12.0. The molecule has 2 rings (SSSR count). The molecular formula is C11H15N3O4S.